The minimum absolute atomic E-state index is 0.0340. The van der Waals surface area contributed by atoms with Crippen LogP contribution in [0.1, 0.15) is 15.9 Å². The van der Waals surface area contributed by atoms with Gasteiger partial charge in [-0.25, -0.2) is 13.2 Å². The number of carbonyl (C=O) groups is 1. The van der Waals surface area contributed by atoms with Crippen LogP contribution in [0.2, 0.25) is 0 Å². The zero-order chi connectivity index (χ0) is 14.8. The number of aromatic carboxylic acids is 1. The third-order valence-electron chi connectivity index (χ3n) is 2.92. The highest BCUT2D eigenvalue weighted by molar-refractivity contribution is 7.91. The average molecular weight is 294 g/mol. The van der Waals surface area contributed by atoms with Crippen LogP contribution in [0, 0.1) is 6.92 Å². The van der Waals surface area contributed by atoms with Gasteiger partial charge in [0.05, 0.1) is 22.8 Å². The molecule has 2 aromatic rings. The summed E-state index contributed by atoms with van der Waals surface area (Å²) in [5, 5.41) is 12.9. The lowest BCUT2D eigenvalue weighted by Gasteiger charge is -2.09. The largest absolute Gasteiger partial charge is 0.478 e. The lowest BCUT2D eigenvalue weighted by Crippen LogP contribution is -2.15. The molecule has 0 radical (unpaired) electrons. The van der Waals surface area contributed by atoms with Gasteiger partial charge in [-0.15, -0.1) is 0 Å². The molecule has 0 aliphatic rings. The zero-order valence-electron chi connectivity index (χ0n) is 10.9. The van der Waals surface area contributed by atoms with E-state index in [0.717, 1.165) is 0 Å². The molecule has 0 bridgehead atoms. The van der Waals surface area contributed by atoms with Crippen molar-refractivity contribution in [1.82, 2.24) is 9.78 Å². The van der Waals surface area contributed by atoms with Gasteiger partial charge in [0.15, 0.2) is 9.84 Å². The van der Waals surface area contributed by atoms with Crippen molar-refractivity contribution in [2.24, 2.45) is 0 Å². The quantitative estimate of drug-likeness (QED) is 0.899. The number of hydrogen-bond donors (Lipinski definition) is 1. The fraction of sp³-hybridized carbons (Fsp3) is 0.231. The molecule has 106 valence electrons. The molecule has 1 N–H and O–H groups in total. The Morgan fingerprint density at radius 3 is 2.75 bits per heavy atom. The molecule has 1 heterocycles. The molecule has 0 saturated heterocycles. The van der Waals surface area contributed by atoms with E-state index in [1.54, 1.807) is 25.4 Å². The summed E-state index contributed by atoms with van der Waals surface area (Å²) in [6.07, 6.45) is 3.25. The van der Waals surface area contributed by atoms with Gasteiger partial charge < -0.3 is 5.11 Å². The monoisotopic (exact) mass is 294 g/mol. The second-order valence-electron chi connectivity index (χ2n) is 4.37. The van der Waals surface area contributed by atoms with Crippen LogP contribution in [0.4, 0.5) is 0 Å². The summed E-state index contributed by atoms with van der Waals surface area (Å²) in [4.78, 5) is 11.0. The number of carboxylic acid groups (broad SMARTS) is 1. The van der Waals surface area contributed by atoms with Crippen molar-refractivity contribution in [3.8, 4) is 0 Å². The Morgan fingerprint density at radius 2 is 2.15 bits per heavy atom. The summed E-state index contributed by atoms with van der Waals surface area (Å²) in [5.41, 5.74) is 0.503. The van der Waals surface area contributed by atoms with Crippen molar-refractivity contribution in [1.29, 1.82) is 0 Å². The summed E-state index contributed by atoms with van der Waals surface area (Å²) in [5.74, 6) is -1.27. The molecule has 6 nitrogen and oxygen atoms in total. The molecule has 2 rings (SSSR count). The number of aryl methyl sites for hydroxylation is 2. The highest BCUT2D eigenvalue weighted by Crippen LogP contribution is 2.19. The van der Waals surface area contributed by atoms with Gasteiger partial charge in [0.1, 0.15) is 0 Å². The predicted molar refractivity (Wildman–Crippen MR) is 72.4 cm³/mol. The molecule has 0 saturated carbocycles. The molecule has 0 aliphatic carbocycles. The normalized spacial score (nSPS) is 11.4. The molecular formula is C13H14N2O4S. The Bertz CT molecular complexity index is 721. The van der Waals surface area contributed by atoms with Crippen molar-refractivity contribution < 1.29 is 18.3 Å². The Morgan fingerprint density at radius 1 is 1.40 bits per heavy atom. The van der Waals surface area contributed by atoms with Crippen LogP contribution in [0.5, 0.6) is 0 Å². The molecule has 0 fully saturated rings. The van der Waals surface area contributed by atoms with Gasteiger partial charge >= 0.3 is 5.97 Å². The molecule has 0 spiro atoms. The lowest BCUT2D eigenvalue weighted by atomic mass is 10.1. The molecule has 0 unspecified atom stereocenters. The van der Waals surface area contributed by atoms with Crippen molar-refractivity contribution in [2.75, 3.05) is 5.75 Å². The topological polar surface area (TPSA) is 89.3 Å². The van der Waals surface area contributed by atoms with Gasteiger partial charge in [0, 0.05) is 12.4 Å². The van der Waals surface area contributed by atoms with E-state index in [0.29, 0.717) is 5.56 Å². The molecule has 1 aromatic carbocycles. The number of nitrogens with zero attached hydrogens (tertiary/aromatic N) is 2. The fourth-order valence-electron chi connectivity index (χ4n) is 1.82. The van der Waals surface area contributed by atoms with E-state index in [1.807, 2.05) is 0 Å². The second-order valence-corrected chi connectivity index (χ2v) is 6.45. The first kappa shape index (κ1) is 14.3. The smallest absolute Gasteiger partial charge is 0.335 e. The summed E-state index contributed by atoms with van der Waals surface area (Å²) >= 11 is 0. The standard InChI is InChI=1S/C13H14N2O4S/c1-10-3-4-11(13(16)17)9-12(10)20(18,19)8-7-15-6-2-5-14-15/h2-6,9H,7-8H2,1H3,(H,16,17). The fourth-order valence-corrected chi connectivity index (χ4v) is 3.34. The summed E-state index contributed by atoms with van der Waals surface area (Å²) in [6, 6.07) is 5.81. The first-order valence-electron chi connectivity index (χ1n) is 5.94. The summed E-state index contributed by atoms with van der Waals surface area (Å²) < 4.78 is 26.1. The van der Waals surface area contributed by atoms with Crippen LogP contribution < -0.4 is 0 Å². The van der Waals surface area contributed by atoms with Gasteiger partial charge in [0.2, 0.25) is 0 Å². The van der Waals surface area contributed by atoms with Crippen LogP contribution >= 0.6 is 0 Å². The van der Waals surface area contributed by atoms with Crippen LogP contribution in [-0.2, 0) is 16.4 Å². The van der Waals surface area contributed by atoms with Crippen molar-refractivity contribution in [3.63, 3.8) is 0 Å². The Hall–Kier alpha value is -2.15. The Labute approximate surface area is 116 Å². The zero-order valence-corrected chi connectivity index (χ0v) is 11.7. The molecule has 7 heteroatoms. The summed E-state index contributed by atoms with van der Waals surface area (Å²) in [7, 11) is -3.55. The molecular weight excluding hydrogens is 280 g/mol. The maximum atomic E-state index is 12.3. The minimum Gasteiger partial charge on any atom is -0.478 e. The van der Waals surface area contributed by atoms with Crippen LogP contribution in [0.25, 0.3) is 0 Å². The van der Waals surface area contributed by atoms with E-state index in [9.17, 15) is 13.2 Å². The van der Waals surface area contributed by atoms with Gasteiger partial charge in [-0.3, -0.25) is 4.68 Å². The van der Waals surface area contributed by atoms with E-state index < -0.39 is 15.8 Å². The maximum absolute atomic E-state index is 12.3. The third-order valence-corrected chi connectivity index (χ3v) is 4.75. The van der Waals surface area contributed by atoms with Gasteiger partial charge in [-0.2, -0.15) is 5.10 Å². The lowest BCUT2D eigenvalue weighted by molar-refractivity contribution is 0.0696. The van der Waals surface area contributed by atoms with Crippen molar-refractivity contribution >= 4 is 15.8 Å². The third kappa shape index (κ3) is 3.05. The molecule has 0 amide bonds. The number of rotatable bonds is 5. The van der Waals surface area contributed by atoms with Gasteiger partial charge in [-0.05, 0) is 30.7 Å². The van der Waals surface area contributed by atoms with Crippen LogP contribution in [-0.4, -0.2) is 35.0 Å². The predicted octanol–water partition coefficient (Wildman–Crippen LogP) is 1.36. The minimum atomic E-state index is -3.55. The number of aromatic nitrogens is 2. The Balaban J connectivity index is 2.28. The maximum Gasteiger partial charge on any atom is 0.335 e. The highest BCUT2D eigenvalue weighted by atomic mass is 32.2. The van der Waals surface area contributed by atoms with E-state index in [1.165, 1.54) is 22.9 Å². The van der Waals surface area contributed by atoms with E-state index in [-0.39, 0.29) is 22.8 Å². The van der Waals surface area contributed by atoms with E-state index in [4.69, 9.17) is 5.11 Å². The molecule has 1 aromatic heterocycles. The highest BCUT2D eigenvalue weighted by Gasteiger charge is 2.19. The van der Waals surface area contributed by atoms with Gasteiger partial charge in [-0.1, -0.05) is 6.07 Å². The molecule has 0 atom stereocenters. The Kier molecular flexibility index (Phi) is 3.89. The number of benzene rings is 1. The van der Waals surface area contributed by atoms with Crippen molar-refractivity contribution in [2.45, 2.75) is 18.4 Å². The number of carboxylic acids is 1. The second kappa shape index (κ2) is 5.46. The average Bonchev–Trinajstić information content (AvgIpc) is 2.89. The number of sulfone groups is 1. The number of hydrogen-bond acceptors (Lipinski definition) is 4. The van der Waals surface area contributed by atoms with E-state index >= 15 is 0 Å². The van der Waals surface area contributed by atoms with Crippen molar-refractivity contribution in [3.05, 3.63) is 47.8 Å². The van der Waals surface area contributed by atoms with Crippen LogP contribution in [0.3, 0.4) is 0 Å². The molecule has 0 aliphatic heterocycles. The first-order valence-corrected chi connectivity index (χ1v) is 7.59. The summed E-state index contributed by atoms with van der Waals surface area (Å²) in [6.45, 7) is 1.87. The first-order chi connectivity index (χ1) is 9.40. The SMILES string of the molecule is Cc1ccc(C(=O)O)cc1S(=O)(=O)CCn1cccn1. The van der Waals surface area contributed by atoms with Gasteiger partial charge in [0.25, 0.3) is 0 Å². The van der Waals surface area contributed by atoms with Crippen LogP contribution in [0.15, 0.2) is 41.6 Å². The van der Waals surface area contributed by atoms with E-state index in [2.05, 4.69) is 5.10 Å². The molecule has 20 heavy (non-hydrogen) atoms.